The van der Waals surface area contributed by atoms with Gasteiger partial charge in [0.2, 0.25) is 5.91 Å². The molecule has 1 saturated carbocycles. The number of anilines is 1. The minimum absolute atomic E-state index is 0.0523. The van der Waals surface area contributed by atoms with Gasteiger partial charge >= 0.3 is 0 Å². The van der Waals surface area contributed by atoms with Crippen molar-refractivity contribution in [3.05, 3.63) is 65.5 Å². The number of H-pyrrole nitrogens is 1. The van der Waals surface area contributed by atoms with Crippen molar-refractivity contribution in [3.8, 4) is 0 Å². The lowest BCUT2D eigenvalue weighted by atomic mass is 9.78. The third-order valence-electron chi connectivity index (χ3n) is 5.98. The van der Waals surface area contributed by atoms with Gasteiger partial charge in [-0.1, -0.05) is 0 Å². The van der Waals surface area contributed by atoms with Gasteiger partial charge in [0.15, 0.2) is 0 Å². The third-order valence-corrected chi connectivity index (χ3v) is 5.98. The first-order chi connectivity index (χ1) is 14.8. The third kappa shape index (κ3) is 3.19. The van der Waals surface area contributed by atoms with Gasteiger partial charge in [0.1, 0.15) is 17.4 Å². The molecule has 158 valence electrons. The molecule has 1 aromatic heterocycles. The van der Waals surface area contributed by atoms with Crippen LogP contribution in [0, 0.1) is 28.9 Å². The standard InChI is InChI=1S/C23H20F2N4O2/c1-11(26)6-19(30)13-7-15(24)21(16(25)8-13)22-20(12-2-3-12)23(31)29(22)14-4-5-17-18(9-14)28-10-27-17/h4-10,12,20,22,26,30H,2-3H2,1H3,(H,27,28)/b19-6-,26-11?/t20-,22-/m1/s1. The molecule has 3 aromatic rings. The largest absolute Gasteiger partial charge is 0.507 e. The van der Waals surface area contributed by atoms with Crippen LogP contribution in [0.2, 0.25) is 0 Å². The van der Waals surface area contributed by atoms with Crippen LogP contribution < -0.4 is 4.90 Å². The van der Waals surface area contributed by atoms with E-state index < -0.39 is 23.6 Å². The Labute approximate surface area is 176 Å². The smallest absolute Gasteiger partial charge is 0.233 e. The Morgan fingerprint density at radius 2 is 1.97 bits per heavy atom. The van der Waals surface area contributed by atoms with Crippen LogP contribution in [0.4, 0.5) is 14.5 Å². The van der Waals surface area contributed by atoms with Gasteiger partial charge in [-0.05, 0) is 56.0 Å². The van der Waals surface area contributed by atoms with E-state index in [0.717, 1.165) is 36.6 Å². The van der Waals surface area contributed by atoms with E-state index in [1.54, 1.807) is 24.5 Å². The summed E-state index contributed by atoms with van der Waals surface area (Å²) in [5, 5.41) is 17.5. The van der Waals surface area contributed by atoms with Crippen LogP contribution in [-0.4, -0.2) is 26.7 Å². The van der Waals surface area contributed by atoms with Crippen molar-refractivity contribution in [3.63, 3.8) is 0 Å². The molecule has 1 amide bonds. The maximum Gasteiger partial charge on any atom is 0.233 e. The lowest BCUT2D eigenvalue weighted by Gasteiger charge is -2.48. The molecule has 0 bridgehead atoms. The van der Waals surface area contributed by atoms with Gasteiger partial charge in [-0.3, -0.25) is 4.79 Å². The topological polar surface area (TPSA) is 93.1 Å². The summed E-state index contributed by atoms with van der Waals surface area (Å²) in [4.78, 5) is 21.6. The highest BCUT2D eigenvalue weighted by atomic mass is 19.1. The van der Waals surface area contributed by atoms with E-state index in [0.29, 0.717) is 11.2 Å². The number of carbonyl (C=O) groups excluding carboxylic acids is 1. The molecule has 6 nitrogen and oxygen atoms in total. The zero-order valence-electron chi connectivity index (χ0n) is 16.7. The van der Waals surface area contributed by atoms with E-state index in [4.69, 9.17) is 5.41 Å². The number of hydrogen-bond donors (Lipinski definition) is 3. The van der Waals surface area contributed by atoms with E-state index in [-0.39, 0.29) is 34.4 Å². The number of amides is 1. The average molecular weight is 422 g/mol. The number of aliphatic hydroxyl groups excluding tert-OH is 1. The number of imidazole rings is 1. The van der Waals surface area contributed by atoms with Crippen LogP contribution in [0.5, 0.6) is 0 Å². The van der Waals surface area contributed by atoms with Gasteiger partial charge in [-0.25, -0.2) is 13.8 Å². The Morgan fingerprint density at radius 1 is 1.26 bits per heavy atom. The molecule has 2 atom stereocenters. The molecule has 5 rings (SSSR count). The number of fused-ring (bicyclic) bond motifs is 1. The number of hydrogen-bond acceptors (Lipinski definition) is 4. The van der Waals surface area contributed by atoms with Gasteiger partial charge < -0.3 is 20.4 Å². The number of rotatable bonds is 5. The average Bonchev–Trinajstić information content (AvgIpc) is 3.41. The Balaban J connectivity index is 1.58. The first-order valence-electron chi connectivity index (χ1n) is 10.1. The van der Waals surface area contributed by atoms with Crippen LogP contribution >= 0.6 is 0 Å². The minimum Gasteiger partial charge on any atom is -0.507 e. The number of aromatic amines is 1. The Hall–Kier alpha value is -3.55. The van der Waals surface area contributed by atoms with E-state index in [9.17, 15) is 9.90 Å². The number of nitrogens with one attached hydrogen (secondary N) is 2. The van der Waals surface area contributed by atoms with Gasteiger partial charge in [0.25, 0.3) is 0 Å². The normalized spacial score (nSPS) is 21.5. The second-order valence-corrected chi connectivity index (χ2v) is 8.19. The molecule has 2 heterocycles. The number of allylic oxidation sites excluding steroid dienone is 1. The fraction of sp³-hybridized carbons (Fsp3) is 0.261. The summed E-state index contributed by atoms with van der Waals surface area (Å²) in [6.45, 7) is 1.45. The number of aliphatic hydroxyl groups is 1. The highest BCUT2D eigenvalue weighted by Gasteiger charge is 2.56. The van der Waals surface area contributed by atoms with Crippen LogP contribution in [0.1, 0.15) is 36.9 Å². The molecule has 1 saturated heterocycles. The van der Waals surface area contributed by atoms with Crippen LogP contribution in [0.3, 0.4) is 0 Å². The van der Waals surface area contributed by atoms with Gasteiger partial charge in [0.05, 0.1) is 29.3 Å². The minimum atomic E-state index is -0.827. The molecule has 0 spiro atoms. The number of carbonyl (C=O) groups is 1. The van der Waals surface area contributed by atoms with Crippen LogP contribution in [0.25, 0.3) is 16.8 Å². The summed E-state index contributed by atoms with van der Waals surface area (Å²) in [5.74, 6) is -2.54. The first kappa shape index (κ1) is 19.4. The summed E-state index contributed by atoms with van der Waals surface area (Å²) >= 11 is 0. The molecular formula is C23H20F2N4O2. The fourth-order valence-corrected chi connectivity index (χ4v) is 4.40. The predicted molar refractivity (Wildman–Crippen MR) is 113 cm³/mol. The maximum atomic E-state index is 15.2. The summed E-state index contributed by atoms with van der Waals surface area (Å²) in [5.41, 5.74) is 1.83. The first-order valence-corrected chi connectivity index (χ1v) is 10.1. The highest BCUT2D eigenvalue weighted by molar-refractivity contribution is 6.04. The maximum absolute atomic E-state index is 15.2. The Bertz CT molecular complexity index is 1240. The predicted octanol–water partition coefficient (Wildman–Crippen LogP) is 4.89. The van der Waals surface area contributed by atoms with Gasteiger partial charge in [-0.2, -0.15) is 0 Å². The molecular weight excluding hydrogens is 402 g/mol. The molecule has 8 heteroatoms. The molecule has 3 N–H and O–H groups in total. The molecule has 31 heavy (non-hydrogen) atoms. The van der Waals surface area contributed by atoms with Gasteiger partial charge in [0, 0.05) is 28.6 Å². The summed E-state index contributed by atoms with van der Waals surface area (Å²) < 4.78 is 30.3. The van der Waals surface area contributed by atoms with Crippen molar-refractivity contribution < 1.29 is 18.7 Å². The highest BCUT2D eigenvalue weighted by Crippen LogP contribution is 2.54. The van der Waals surface area contributed by atoms with Crippen molar-refractivity contribution in [2.45, 2.75) is 25.8 Å². The zero-order chi connectivity index (χ0) is 21.9. The molecule has 2 aliphatic rings. The summed E-state index contributed by atoms with van der Waals surface area (Å²) in [7, 11) is 0. The number of β-lactam (4-membered cyclic amide) rings is 1. The van der Waals surface area contributed by atoms with E-state index in [2.05, 4.69) is 9.97 Å². The molecule has 0 unspecified atom stereocenters. The molecule has 1 aliphatic heterocycles. The van der Waals surface area contributed by atoms with Crippen molar-refractivity contribution in [1.82, 2.24) is 9.97 Å². The molecule has 2 fully saturated rings. The number of halogens is 2. The summed E-state index contributed by atoms with van der Waals surface area (Å²) in [6.07, 6.45) is 4.40. The fourth-order valence-electron chi connectivity index (χ4n) is 4.40. The van der Waals surface area contributed by atoms with E-state index in [1.165, 1.54) is 11.8 Å². The number of aromatic nitrogens is 2. The van der Waals surface area contributed by atoms with E-state index >= 15 is 8.78 Å². The SMILES string of the molecule is CC(=N)/C=C(\O)c1cc(F)c([C@H]2[C@@H](C3CC3)C(=O)N2c2ccc3[nH]cnc3c2)c(F)c1. The van der Waals surface area contributed by atoms with Crippen molar-refractivity contribution in [2.24, 2.45) is 11.8 Å². The molecule has 1 aliphatic carbocycles. The Kier molecular flexibility index (Phi) is 4.39. The molecule has 0 radical (unpaired) electrons. The lowest BCUT2D eigenvalue weighted by molar-refractivity contribution is -0.131. The van der Waals surface area contributed by atoms with Crippen LogP contribution in [-0.2, 0) is 4.79 Å². The number of nitrogens with zero attached hydrogens (tertiary/aromatic N) is 2. The molecule has 2 aromatic carbocycles. The van der Waals surface area contributed by atoms with Gasteiger partial charge in [-0.15, -0.1) is 0 Å². The zero-order valence-corrected chi connectivity index (χ0v) is 16.7. The Morgan fingerprint density at radius 3 is 2.61 bits per heavy atom. The monoisotopic (exact) mass is 422 g/mol. The number of benzene rings is 2. The lowest BCUT2D eigenvalue weighted by Crippen LogP contribution is -2.56. The second-order valence-electron chi connectivity index (χ2n) is 8.19. The van der Waals surface area contributed by atoms with E-state index in [1.807, 2.05) is 0 Å². The van der Waals surface area contributed by atoms with Crippen molar-refractivity contribution in [1.29, 1.82) is 5.41 Å². The summed E-state index contributed by atoms with van der Waals surface area (Å²) in [6, 6.07) is 6.58. The second kappa shape index (κ2) is 7.01. The van der Waals surface area contributed by atoms with Crippen molar-refractivity contribution in [2.75, 3.05) is 4.90 Å². The van der Waals surface area contributed by atoms with Crippen molar-refractivity contribution >= 4 is 34.1 Å². The van der Waals surface area contributed by atoms with Crippen LogP contribution in [0.15, 0.2) is 42.7 Å². The quantitative estimate of drug-likeness (QED) is 0.310.